The van der Waals surface area contributed by atoms with Crippen LogP contribution in [-0.2, 0) is 26.7 Å². The number of rotatable bonds is 9. The topological polar surface area (TPSA) is 20.2 Å². The summed E-state index contributed by atoms with van der Waals surface area (Å²) in [6, 6.07) is 83.2. The molecule has 0 fully saturated rings. The summed E-state index contributed by atoms with van der Waals surface area (Å²) in [4.78, 5) is 0. The standard InChI is InChI=1S/2C18H15P.C15H12O.Pt/c2*1-4-10-16(11-5-1)19(17-12-6-2-7-13-17)18-14-8-3-9-15-18;1-2-15(16,13-9-5-3-6-10-13)14-11-7-4-8-12-14;/h2*1-15H;1,3-12,16H;. The molecule has 0 amide bonds. The summed E-state index contributed by atoms with van der Waals surface area (Å²) in [5, 5.41) is 18.9. The molecule has 4 heteroatoms. The molecule has 0 aromatic heterocycles. The van der Waals surface area contributed by atoms with E-state index in [4.69, 9.17) is 6.58 Å². The van der Waals surface area contributed by atoms with Gasteiger partial charge in [0.15, 0.2) is 0 Å². The van der Waals surface area contributed by atoms with Crippen molar-refractivity contribution in [3.8, 4) is 0 Å². The third-order valence-corrected chi connectivity index (χ3v) is 13.6. The smallest absolute Gasteiger partial charge is 0.140 e. The molecule has 0 atom stereocenters. The van der Waals surface area contributed by atoms with Crippen molar-refractivity contribution in [2.24, 2.45) is 0 Å². The molecule has 1 nitrogen and oxygen atoms in total. The molecule has 0 spiro atoms. The molecule has 0 aliphatic carbocycles. The Labute approximate surface area is 343 Å². The molecule has 8 aromatic carbocycles. The Morgan fingerprint density at radius 1 is 0.309 bits per heavy atom. The third kappa shape index (κ3) is 11.3. The van der Waals surface area contributed by atoms with E-state index in [1.54, 1.807) is 0 Å². The summed E-state index contributed by atoms with van der Waals surface area (Å²) in [5.41, 5.74) is 0.0788. The van der Waals surface area contributed by atoms with E-state index in [1.165, 1.54) is 31.8 Å². The number of benzene rings is 8. The van der Waals surface area contributed by atoms with Crippen molar-refractivity contribution >= 4 is 47.7 Å². The Bertz CT molecular complexity index is 1880. The summed E-state index contributed by atoms with van der Waals surface area (Å²) in [6.07, 6.45) is 2.47. The molecule has 8 aromatic rings. The van der Waals surface area contributed by atoms with Crippen molar-refractivity contribution < 1.29 is 26.2 Å². The van der Waals surface area contributed by atoms with Gasteiger partial charge in [-0.05, 0) is 64.9 Å². The van der Waals surface area contributed by atoms with Gasteiger partial charge in [-0.25, -0.2) is 0 Å². The summed E-state index contributed by atoms with van der Waals surface area (Å²) >= 11 is 0. The van der Waals surface area contributed by atoms with Crippen molar-refractivity contribution in [2.45, 2.75) is 5.60 Å². The van der Waals surface area contributed by atoms with Gasteiger partial charge in [-0.2, -0.15) is 0 Å². The zero-order valence-electron chi connectivity index (χ0n) is 30.3. The quantitative estimate of drug-likeness (QED) is 0.143. The van der Waals surface area contributed by atoms with Crippen molar-refractivity contribution in [3.63, 3.8) is 0 Å². The van der Waals surface area contributed by atoms with Crippen molar-refractivity contribution in [1.82, 2.24) is 0 Å². The van der Waals surface area contributed by atoms with E-state index in [0.717, 1.165) is 0 Å². The summed E-state index contributed by atoms with van der Waals surface area (Å²) in [7, 11) is -0.892. The molecule has 0 aliphatic heterocycles. The second-order valence-corrected chi connectivity index (χ2v) is 16.7. The SMILES string of the molecule is [CH]=[C]C(O)(c1ccccc1)c1ccccc1.[Pt].c1ccc(P(c2ccccc2)c2ccccc2)cc1.c1ccc(P(c2ccccc2)c2ccccc2)cc1. The van der Waals surface area contributed by atoms with Crippen LogP contribution in [0.5, 0.6) is 0 Å². The van der Waals surface area contributed by atoms with E-state index in [0.29, 0.717) is 11.1 Å². The molecular formula is C51H42OP2Pt. The van der Waals surface area contributed by atoms with Crippen LogP contribution in [0.15, 0.2) is 243 Å². The van der Waals surface area contributed by atoms with Gasteiger partial charge in [0.2, 0.25) is 0 Å². The number of hydrogen-bond acceptors (Lipinski definition) is 1. The molecule has 55 heavy (non-hydrogen) atoms. The Morgan fingerprint density at radius 2 is 0.473 bits per heavy atom. The zero-order chi connectivity index (χ0) is 37.3. The molecule has 0 aliphatic rings. The minimum atomic E-state index is -1.34. The van der Waals surface area contributed by atoms with Crippen LogP contribution in [0.1, 0.15) is 11.1 Å². The summed E-state index contributed by atoms with van der Waals surface area (Å²) in [5.74, 6) is 0. The maximum absolute atomic E-state index is 10.5. The van der Waals surface area contributed by atoms with Gasteiger partial charge in [0.25, 0.3) is 0 Å². The van der Waals surface area contributed by atoms with Crippen LogP contribution >= 0.6 is 15.8 Å². The van der Waals surface area contributed by atoms with Gasteiger partial charge in [0, 0.05) is 21.1 Å². The average molecular weight is 928 g/mol. The minimum absolute atomic E-state index is 0. The van der Waals surface area contributed by atoms with Crippen LogP contribution in [0.2, 0.25) is 0 Å². The van der Waals surface area contributed by atoms with Crippen LogP contribution in [0, 0.1) is 12.7 Å². The van der Waals surface area contributed by atoms with Crippen LogP contribution in [0.3, 0.4) is 0 Å². The van der Waals surface area contributed by atoms with Crippen LogP contribution in [0.25, 0.3) is 0 Å². The normalized spacial score (nSPS) is 10.5. The summed E-state index contributed by atoms with van der Waals surface area (Å²) < 4.78 is 0. The van der Waals surface area contributed by atoms with Gasteiger partial charge in [0.1, 0.15) is 5.60 Å². The van der Waals surface area contributed by atoms with E-state index >= 15 is 0 Å². The van der Waals surface area contributed by atoms with E-state index in [2.05, 4.69) is 188 Å². The first kappa shape index (κ1) is 41.2. The third-order valence-electron chi connectivity index (χ3n) is 8.68. The monoisotopic (exact) mass is 927 g/mol. The van der Waals surface area contributed by atoms with Gasteiger partial charge in [0.05, 0.1) is 0 Å². The molecule has 0 unspecified atom stereocenters. The Balaban J connectivity index is 0.000000158. The first-order valence-electron chi connectivity index (χ1n) is 17.9. The molecular weight excluding hydrogens is 886 g/mol. The molecule has 0 saturated carbocycles. The molecule has 2 radical (unpaired) electrons. The fourth-order valence-corrected chi connectivity index (χ4v) is 10.7. The molecule has 1 N–H and O–H groups in total. The van der Waals surface area contributed by atoms with Gasteiger partial charge < -0.3 is 5.11 Å². The molecule has 272 valence electrons. The van der Waals surface area contributed by atoms with Gasteiger partial charge in [-0.1, -0.05) is 249 Å². The zero-order valence-corrected chi connectivity index (χ0v) is 34.4. The second kappa shape index (κ2) is 21.8. The predicted molar refractivity (Wildman–Crippen MR) is 234 cm³/mol. The van der Waals surface area contributed by atoms with Gasteiger partial charge >= 0.3 is 0 Å². The Morgan fingerprint density at radius 3 is 0.636 bits per heavy atom. The second-order valence-electron chi connectivity index (χ2n) is 12.3. The van der Waals surface area contributed by atoms with Crippen LogP contribution in [0.4, 0.5) is 0 Å². The van der Waals surface area contributed by atoms with Gasteiger partial charge in [-0.3, -0.25) is 0 Å². The van der Waals surface area contributed by atoms with E-state index < -0.39 is 21.4 Å². The van der Waals surface area contributed by atoms with E-state index in [1.807, 2.05) is 60.7 Å². The van der Waals surface area contributed by atoms with Gasteiger partial charge in [-0.15, -0.1) is 0 Å². The molecule has 0 bridgehead atoms. The largest absolute Gasteiger partial charge is 0.376 e. The molecule has 8 rings (SSSR count). The van der Waals surface area contributed by atoms with Crippen molar-refractivity contribution in [3.05, 3.63) is 266 Å². The first-order chi connectivity index (χ1) is 26.7. The average Bonchev–Trinajstić information content (AvgIpc) is 3.27. The Hall–Kier alpha value is -4.99. The number of aliphatic hydroxyl groups is 1. The molecule has 0 saturated heterocycles. The fraction of sp³-hybridized carbons (Fsp3) is 0.0196. The predicted octanol–water partition coefficient (Wildman–Crippen LogP) is 9.60. The van der Waals surface area contributed by atoms with Crippen molar-refractivity contribution in [1.29, 1.82) is 0 Å². The van der Waals surface area contributed by atoms with Crippen molar-refractivity contribution in [2.75, 3.05) is 0 Å². The number of hydrogen-bond donors (Lipinski definition) is 1. The van der Waals surface area contributed by atoms with E-state index in [-0.39, 0.29) is 21.1 Å². The van der Waals surface area contributed by atoms with Crippen LogP contribution in [-0.4, -0.2) is 5.11 Å². The van der Waals surface area contributed by atoms with Crippen LogP contribution < -0.4 is 31.8 Å². The minimum Gasteiger partial charge on any atom is -0.376 e. The first-order valence-corrected chi connectivity index (χ1v) is 20.6. The maximum Gasteiger partial charge on any atom is 0.140 e. The summed E-state index contributed by atoms with van der Waals surface area (Å²) in [6.45, 7) is 5.47. The Kier molecular flexibility index (Phi) is 16.3. The fourth-order valence-electron chi connectivity index (χ4n) is 6.05. The maximum atomic E-state index is 10.5. The van der Waals surface area contributed by atoms with E-state index in [9.17, 15) is 5.11 Å². The molecule has 0 heterocycles.